The number of hydrogen-bond acceptors (Lipinski definition) is 5. The summed E-state index contributed by atoms with van der Waals surface area (Å²) in [6, 6.07) is 16.3. The molecule has 7 nitrogen and oxygen atoms in total. The minimum absolute atomic E-state index is 0.00277. The lowest BCUT2D eigenvalue weighted by molar-refractivity contribution is -0.192. The van der Waals surface area contributed by atoms with Crippen LogP contribution >= 0.6 is 0 Å². The summed E-state index contributed by atoms with van der Waals surface area (Å²) in [4.78, 5) is 35.0. The van der Waals surface area contributed by atoms with Gasteiger partial charge in [-0.15, -0.1) is 0 Å². The molecule has 198 valence electrons. The zero-order valence-electron chi connectivity index (χ0n) is 20.0. The smallest absolute Gasteiger partial charge is 0.490 e. The van der Waals surface area contributed by atoms with Crippen LogP contribution in [0.1, 0.15) is 53.1 Å². The molecule has 0 amide bonds. The molecule has 2 unspecified atom stereocenters. The van der Waals surface area contributed by atoms with Gasteiger partial charge >= 0.3 is 18.1 Å². The summed E-state index contributed by atoms with van der Waals surface area (Å²) >= 11 is 0. The molecule has 2 aromatic carbocycles. The number of carbonyl (C=O) groups is 3. The number of ketones is 1. The molecule has 2 aliphatic heterocycles. The quantitative estimate of drug-likeness (QED) is 0.542. The number of rotatable bonds is 6. The van der Waals surface area contributed by atoms with Gasteiger partial charge in [0.15, 0.2) is 5.78 Å². The Labute approximate surface area is 211 Å². The van der Waals surface area contributed by atoms with E-state index in [1.165, 1.54) is 11.1 Å². The van der Waals surface area contributed by atoms with Gasteiger partial charge in [-0.2, -0.15) is 13.2 Å². The third-order valence-electron chi connectivity index (χ3n) is 7.39. The molecule has 2 aromatic rings. The standard InChI is InChI=1S/C25H27NO4.C2HF3O2/c27-23(28)8-11-26-12-9-25(10-13-26)16-30-22-14-18(6-7-21(22)25)24(29)20-15-19(20)17-4-2-1-3-5-17;3-2(4,5)1(6)7/h1-7,14,19-20H,8-13,15-16H2,(H,27,28);(H,6,7). The van der Waals surface area contributed by atoms with Gasteiger partial charge < -0.3 is 19.8 Å². The minimum Gasteiger partial charge on any atom is -0.492 e. The molecule has 0 radical (unpaired) electrons. The van der Waals surface area contributed by atoms with Crippen molar-refractivity contribution in [2.45, 2.75) is 43.2 Å². The number of aliphatic carboxylic acids is 2. The van der Waals surface area contributed by atoms with Crippen LogP contribution in [0.5, 0.6) is 5.75 Å². The van der Waals surface area contributed by atoms with Crippen LogP contribution in [0, 0.1) is 5.92 Å². The van der Waals surface area contributed by atoms with Gasteiger partial charge in [-0.1, -0.05) is 42.5 Å². The van der Waals surface area contributed by atoms with Crippen molar-refractivity contribution in [3.05, 3.63) is 65.2 Å². The average molecular weight is 520 g/mol. The predicted molar refractivity (Wildman–Crippen MR) is 127 cm³/mol. The third kappa shape index (κ3) is 6.12. The molecule has 0 bridgehead atoms. The summed E-state index contributed by atoms with van der Waals surface area (Å²) in [5.74, 6) is -2.00. The highest BCUT2D eigenvalue weighted by molar-refractivity contribution is 6.00. The molecule has 0 aromatic heterocycles. The van der Waals surface area contributed by atoms with E-state index >= 15 is 0 Å². The van der Waals surface area contributed by atoms with Crippen LogP contribution in [0.4, 0.5) is 13.2 Å². The Kier molecular flexibility index (Phi) is 7.59. The largest absolute Gasteiger partial charge is 0.492 e. The van der Waals surface area contributed by atoms with E-state index in [1.807, 2.05) is 30.3 Å². The lowest BCUT2D eigenvalue weighted by atomic mass is 9.74. The molecule has 1 spiro atoms. The number of benzene rings is 2. The van der Waals surface area contributed by atoms with E-state index in [9.17, 15) is 22.8 Å². The van der Waals surface area contributed by atoms with Crippen LogP contribution in [-0.2, 0) is 15.0 Å². The fourth-order valence-corrected chi connectivity index (χ4v) is 5.17. The summed E-state index contributed by atoms with van der Waals surface area (Å²) in [6.07, 6.45) is -2.04. The molecule has 3 aliphatic rings. The van der Waals surface area contributed by atoms with Gasteiger partial charge in [-0.3, -0.25) is 9.59 Å². The number of fused-ring (bicyclic) bond motifs is 2. The van der Waals surface area contributed by atoms with Crippen molar-refractivity contribution in [3.8, 4) is 5.75 Å². The number of ether oxygens (including phenoxy) is 1. The normalized spacial score (nSPS) is 21.8. The Morgan fingerprint density at radius 2 is 1.68 bits per heavy atom. The van der Waals surface area contributed by atoms with Crippen molar-refractivity contribution in [2.75, 3.05) is 26.2 Å². The molecule has 2 heterocycles. The van der Waals surface area contributed by atoms with Gasteiger partial charge in [0.05, 0.1) is 13.0 Å². The van der Waals surface area contributed by atoms with Crippen molar-refractivity contribution in [2.24, 2.45) is 5.92 Å². The van der Waals surface area contributed by atoms with Crippen LogP contribution in [0.3, 0.4) is 0 Å². The Balaban J connectivity index is 0.000000405. The maximum absolute atomic E-state index is 13.0. The first-order chi connectivity index (χ1) is 17.5. The van der Waals surface area contributed by atoms with E-state index in [1.54, 1.807) is 0 Å². The van der Waals surface area contributed by atoms with E-state index in [0.717, 1.165) is 43.7 Å². The molecule has 2 fully saturated rings. The molecule has 5 rings (SSSR count). The maximum Gasteiger partial charge on any atom is 0.490 e. The molecule has 1 saturated heterocycles. The third-order valence-corrected chi connectivity index (χ3v) is 7.39. The average Bonchev–Trinajstić information content (AvgIpc) is 3.60. The lowest BCUT2D eigenvalue weighted by Crippen LogP contribution is -2.44. The van der Waals surface area contributed by atoms with Crippen molar-refractivity contribution >= 4 is 17.7 Å². The number of halogens is 3. The first-order valence-corrected chi connectivity index (χ1v) is 12.1. The van der Waals surface area contributed by atoms with E-state index in [4.69, 9.17) is 19.7 Å². The first-order valence-electron chi connectivity index (χ1n) is 12.1. The van der Waals surface area contributed by atoms with Crippen LogP contribution in [0.25, 0.3) is 0 Å². The summed E-state index contributed by atoms with van der Waals surface area (Å²) in [7, 11) is 0. The Morgan fingerprint density at radius 1 is 1.03 bits per heavy atom. The highest BCUT2D eigenvalue weighted by Crippen LogP contribution is 2.50. The van der Waals surface area contributed by atoms with Gasteiger partial charge in [0.1, 0.15) is 5.75 Å². The summed E-state index contributed by atoms with van der Waals surface area (Å²) in [6.45, 7) is 3.04. The van der Waals surface area contributed by atoms with Crippen LogP contribution in [0.15, 0.2) is 48.5 Å². The Morgan fingerprint density at radius 3 is 2.27 bits per heavy atom. The van der Waals surface area contributed by atoms with E-state index in [-0.39, 0.29) is 23.5 Å². The topological polar surface area (TPSA) is 104 Å². The number of likely N-dealkylation sites (tertiary alicyclic amines) is 1. The number of carboxylic acids is 2. The zero-order valence-corrected chi connectivity index (χ0v) is 20.0. The lowest BCUT2D eigenvalue weighted by Gasteiger charge is -2.38. The van der Waals surface area contributed by atoms with E-state index < -0.39 is 18.1 Å². The highest BCUT2D eigenvalue weighted by atomic mass is 19.4. The summed E-state index contributed by atoms with van der Waals surface area (Å²) in [5.41, 5.74) is 3.23. The van der Waals surface area contributed by atoms with Crippen molar-refractivity contribution < 1.29 is 42.5 Å². The number of piperidine rings is 1. The fraction of sp³-hybridized carbons (Fsp3) is 0.444. The Bertz CT molecular complexity index is 1160. The minimum atomic E-state index is -5.08. The van der Waals surface area contributed by atoms with Gasteiger partial charge in [0.2, 0.25) is 0 Å². The monoisotopic (exact) mass is 519 g/mol. The van der Waals surface area contributed by atoms with Crippen molar-refractivity contribution in [1.29, 1.82) is 0 Å². The zero-order chi connectivity index (χ0) is 26.8. The van der Waals surface area contributed by atoms with Crippen LogP contribution < -0.4 is 4.74 Å². The number of carboxylic acid groups (broad SMARTS) is 2. The number of Topliss-reactive ketones (excluding diaryl/α,β-unsaturated/α-hetero) is 1. The summed E-state index contributed by atoms with van der Waals surface area (Å²) in [5, 5.41) is 16.0. The Hall–Kier alpha value is -3.40. The molecule has 1 aliphatic carbocycles. The van der Waals surface area contributed by atoms with Crippen LogP contribution in [-0.4, -0.2) is 65.3 Å². The van der Waals surface area contributed by atoms with E-state index in [0.29, 0.717) is 19.1 Å². The molecule has 2 N–H and O–H groups in total. The second kappa shape index (κ2) is 10.5. The number of alkyl halides is 3. The second-order valence-electron chi connectivity index (χ2n) is 9.79. The second-order valence-corrected chi connectivity index (χ2v) is 9.79. The molecule has 2 atom stereocenters. The van der Waals surface area contributed by atoms with Gasteiger partial charge in [-0.25, -0.2) is 4.79 Å². The van der Waals surface area contributed by atoms with E-state index in [2.05, 4.69) is 23.1 Å². The molecule has 10 heteroatoms. The van der Waals surface area contributed by atoms with Crippen molar-refractivity contribution in [3.63, 3.8) is 0 Å². The predicted octanol–water partition coefficient (Wildman–Crippen LogP) is 4.51. The molecular formula is C27H28F3NO6. The number of nitrogens with zero attached hydrogens (tertiary/aromatic N) is 1. The van der Waals surface area contributed by atoms with Gasteiger partial charge in [0.25, 0.3) is 0 Å². The first kappa shape index (κ1) is 26.7. The van der Waals surface area contributed by atoms with Crippen molar-refractivity contribution in [1.82, 2.24) is 4.90 Å². The van der Waals surface area contributed by atoms with Crippen LogP contribution in [0.2, 0.25) is 0 Å². The molecule has 37 heavy (non-hydrogen) atoms. The number of carbonyl (C=O) groups excluding carboxylic acids is 1. The molecular weight excluding hydrogens is 491 g/mol. The summed E-state index contributed by atoms with van der Waals surface area (Å²) < 4.78 is 37.8. The SMILES string of the molecule is O=C(O)C(F)(F)F.O=C(O)CCN1CCC2(CC1)COc1cc(C(=O)C3CC3c3ccccc3)ccc12. The number of hydrogen-bond donors (Lipinski definition) is 2. The highest BCUT2D eigenvalue weighted by Gasteiger charge is 2.46. The van der Waals surface area contributed by atoms with Gasteiger partial charge in [0, 0.05) is 29.0 Å². The molecule has 1 saturated carbocycles. The maximum atomic E-state index is 13.0. The van der Waals surface area contributed by atoms with Gasteiger partial charge in [-0.05, 0) is 49.9 Å². The fourth-order valence-electron chi connectivity index (χ4n) is 5.17.